The van der Waals surface area contributed by atoms with E-state index < -0.39 is 5.97 Å². The first-order chi connectivity index (χ1) is 11.6. The molecule has 0 unspecified atom stereocenters. The molecule has 6 nitrogen and oxygen atoms in total. The van der Waals surface area contributed by atoms with Crippen molar-refractivity contribution >= 4 is 28.3 Å². The molecule has 0 aliphatic rings. The smallest absolute Gasteiger partial charge is 0.344 e. The Labute approximate surface area is 141 Å². The summed E-state index contributed by atoms with van der Waals surface area (Å²) in [5, 5.41) is 2.24. The third-order valence-electron chi connectivity index (χ3n) is 3.39. The normalized spacial score (nSPS) is 10.8. The van der Waals surface area contributed by atoms with E-state index in [-0.39, 0.29) is 12.0 Å². The molecule has 0 fully saturated rings. The average Bonchev–Trinajstić information content (AvgIpc) is 3.07. The zero-order valence-electron chi connectivity index (χ0n) is 13.2. The van der Waals surface area contributed by atoms with Crippen molar-refractivity contribution in [3.8, 4) is 17.0 Å². The number of esters is 1. The summed E-state index contributed by atoms with van der Waals surface area (Å²) in [6.07, 6.45) is 0. The Morgan fingerprint density at radius 2 is 2.21 bits per heavy atom. The van der Waals surface area contributed by atoms with Gasteiger partial charge in [-0.3, -0.25) is 4.79 Å². The van der Waals surface area contributed by atoms with Gasteiger partial charge in [0.2, 0.25) is 5.43 Å². The van der Waals surface area contributed by atoms with Gasteiger partial charge in [0.25, 0.3) is 0 Å². The van der Waals surface area contributed by atoms with Crippen LogP contribution in [0.4, 0.5) is 0 Å². The number of carbonyl (C=O) groups is 1. The fraction of sp³-hybridized carbons (Fsp3) is 0.235. The number of carbonyl (C=O) groups excluding carboxylic acids is 1. The molecule has 0 radical (unpaired) electrons. The Morgan fingerprint density at radius 1 is 1.38 bits per heavy atom. The number of rotatable bonds is 5. The number of benzene rings is 1. The molecule has 0 aliphatic carbocycles. The van der Waals surface area contributed by atoms with E-state index in [9.17, 15) is 9.59 Å². The first-order valence-electron chi connectivity index (χ1n) is 7.34. The molecule has 2 aromatic heterocycles. The van der Waals surface area contributed by atoms with E-state index >= 15 is 0 Å². The molecular formula is C17H15NO5S. The van der Waals surface area contributed by atoms with Crippen molar-refractivity contribution in [2.24, 2.45) is 0 Å². The molecule has 124 valence electrons. The summed E-state index contributed by atoms with van der Waals surface area (Å²) in [4.78, 5) is 28.2. The van der Waals surface area contributed by atoms with Crippen molar-refractivity contribution in [1.82, 2.24) is 4.98 Å². The van der Waals surface area contributed by atoms with Crippen LogP contribution in [0.3, 0.4) is 0 Å². The lowest BCUT2D eigenvalue weighted by atomic mass is 10.1. The molecule has 0 spiro atoms. The molecule has 24 heavy (non-hydrogen) atoms. The molecule has 0 N–H and O–H groups in total. The van der Waals surface area contributed by atoms with Gasteiger partial charge < -0.3 is 13.9 Å². The maximum Gasteiger partial charge on any atom is 0.344 e. The molecule has 0 amide bonds. The monoisotopic (exact) mass is 345 g/mol. The van der Waals surface area contributed by atoms with Gasteiger partial charge in [-0.2, -0.15) is 0 Å². The van der Waals surface area contributed by atoms with E-state index in [1.165, 1.54) is 11.3 Å². The molecule has 0 atom stereocenters. The van der Waals surface area contributed by atoms with Gasteiger partial charge in [-0.1, -0.05) is 0 Å². The topological polar surface area (TPSA) is 78.6 Å². The average molecular weight is 345 g/mol. The SMILES string of the molecule is CCOC(=O)COc1ccc2c(=O)c(-c3cscn3)c(C)oc2c1. The van der Waals surface area contributed by atoms with Crippen molar-refractivity contribution in [2.45, 2.75) is 13.8 Å². The van der Waals surface area contributed by atoms with Crippen LogP contribution in [0.25, 0.3) is 22.2 Å². The fourth-order valence-electron chi connectivity index (χ4n) is 2.35. The number of hydrogen-bond donors (Lipinski definition) is 0. The number of aryl methyl sites for hydroxylation is 1. The number of aromatic nitrogens is 1. The molecule has 0 bridgehead atoms. The molecule has 3 aromatic rings. The minimum Gasteiger partial charge on any atom is -0.482 e. The molecule has 7 heteroatoms. The second-order valence-corrected chi connectivity index (χ2v) is 5.71. The van der Waals surface area contributed by atoms with E-state index in [0.29, 0.717) is 40.3 Å². The van der Waals surface area contributed by atoms with Crippen LogP contribution in [-0.4, -0.2) is 24.2 Å². The van der Waals surface area contributed by atoms with Gasteiger partial charge in [0.15, 0.2) is 6.61 Å². The third-order valence-corrected chi connectivity index (χ3v) is 3.98. The number of nitrogens with zero attached hydrogens (tertiary/aromatic N) is 1. The van der Waals surface area contributed by atoms with Gasteiger partial charge in [0.05, 0.1) is 28.8 Å². The van der Waals surface area contributed by atoms with Crippen molar-refractivity contribution in [3.63, 3.8) is 0 Å². The molecule has 2 heterocycles. The van der Waals surface area contributed by atoms with E-state index in [0.717, 1.165) is 0 Å². The Balaban J connectivity index is 1.96. The maximum absolute atomic E-state index is 12.7. The van der Waals surface area contributed by atoms with Gasteiger partial charge in [-0.15, -0.1) is 11.3 Å². The van der Waals surface area contributed by atoms with Crippen LogP contribution in [0.5, 0.6) is 5.75 Å². The third kappa shape index (κ3) is 3.16. The molecule has 1 aromatic carbocycles. The quantitative estimate of drug-likeness (QED) is 0.661. The van der Waals surface area contributed by atoms with Gasteiger partial charge >= 0.3 is 5.97 Å². The Morgan fingerprint density at radius 3 is 2.92 bits per heavy atom. The standard InChI is InChI=1S/C17H15NO5S/c1-3-21-15(19)7-22-11-4-5-12-14(6-11)23-10(2)16(17(12)20)13-8-24-9-18-13/h4-6,8-9H,3,7H2,1-2H3. The highest BCUT2D eigenvalue weighted by Gasteiger charge is 2.15. The largest absolute Gasteiger partial charge is 0.482 e. The Bertz CT molecular complexity index is 930. The lowest BCUT2D eigenvalue weighted by molar-refractivity contribution is -0.145. The van der Waals surface area contributed by atoms with Crippen LogP contribution in [0, 0.1) is 6.92 Å². The van der Waals surface area contributed by atoms with Crippen molar-refractivity contribution in [1.29, 1.82) is 0 Å². The highest BCUT2D eigenvalue weighted by atomic mass is 32.1. The number of hydrogen-bond acceptors (Lipinski definition) is 7. The molecule has 0 saturated heterocycles. The van der Waals surface area contributed by atoms with E-state index in [4.69, 9.17) is 13.9 Å². The predicted octanol–water partition coefficient (Wildman–Crippen LogP) is 3.17. The molecule has 3 rings (SSSR count). The van der Waals surface area contributed by atoms with Crippen LogP contribution in [0.1, 0.15) is 12.7 Å². The summed E-state index contributed by atoms with van der Waals surface area (Å²) in [5.74, 6) is 0.467. The van der Waals surface area contributed by atoms with Crippen LogP contribution >= 0.6 is 11.3 Å². The highest BCUT2D eigenvalue weighted by Crippen LogP contribution is 2.26. The van der Waals surface area contributed by atoms with Crippen LogP contribution in [-0.2, 0) is 9.53 Å². The van der Waals surface area contributed by atoms with Crippen molar-refractivity contribution in [2.75, 3.05) is 13.2 Å². The fourth-order valence-corrected chi connectivity index (χ4v) is 2.90. The van der Waals surface area contributed by atoms with E-state index in [1.54, 1.807) is 37.6 Å². The van der Waals surface area contributed by atoms with Crippen LogP contribution in [0.2, 0.25) is 0 Å². The Hall–Kier alpha value is -2.67. The van der Waals surface area contributed by atoms with E-state index in [1.807, 2.05) is 5.38 Å². The minimum absolute atomic E-state index is 0.142. The second kappa shape index (κ2) is 6.84. The van der Waals surface area contributed by atoms with Crippen molar-refractivity contribution in [3.05, 3.63) is 45.1 Å². The zero-order chi connectivity index (χ0) is 17.1. The number of thiazole rings is 1. The predicted molar refractivity (Wildman–Crippen MR) is 90.5 cm³/mol. The summed E-state index contributed by atoms with van der Waals surface area (Å²) in [7, 11) is 0. The van der Waals surface area contributed by atoms with Crippen molar-refractivity contribution < 1.29 is 18.7 Å². The maximum atomic E-state index is 12.7. The molecule has 0 aliphatic heterocycles. The summed E-state index contributed by atoms with van der Waals surface area (Å²) in [6, 6.07) is 4.84. The van der Waals surface area contributed by atoms with Gasteiger partial charge in [-0.25, -0.2) is 9.78 Å². The lowest BCUT2D eigenvalue weighted by Crippen LogP contribution is -2.14. The number of fused-ring (bicyclic) bond motifs is 1. The first kappa shape index (κ1) is 16.2. The van der Waals surface area contributed by atoms with E-state index in [2.05, 4.69) is 4.98 Å². The molecule has 0 saturated carbocycles. The first-order valence-corrected chi connectivity index (χ1v) is 8.29. The summed E-state index contributed by atoms with van der Waals surface area (Å²) in [6.45, 7) is 3.56. The summed E-state index contributed by atoms with van der Waals surface area (Å²) >= 11 is 1.42. The van der Waals surface area contributed by atoms with Crippen LogP contribution < -0.4 is 10.2 Å². The second-order valence-electron chi connectivity index (χ2n) is 4.99. The Kier molecular flexibility index (Phi) is 4.61. The van der Waals surface area contributed by atoms with Crippen LogP contribution in [0.15, 0.2) is 38.3 Å². The molecular weight excluding hydrogens is 330 g/mol. The lowest BCUT2D eigenvalue weighted by Gasteiger charge is -2.08. The minimum atomic E-state index is -0.450. The highest BCUT2D eigenvalue weighted by molar-refractivity contribution is 7.07. The van der Waals surface area contributed by atoms with Gasteiger partial charge in [0.1, 0.15) is 17.1 Å². The number of ether oxygens (including phenoxy) is 2. The summed E-state index contributed by atoms with van der Waals surface area (Å²) in [5.41, 5.74) is 3.00. The summed E-state index contributed by atoms with van der Waals surface area (Å²) < 4.78 is 15.9. The zero-order valence-corrected chi connectivity index (χ0v) is 14.0. The van der Waals surface area contributed by atoms with Gasteiger partial charge in [-0.05, 0) is 26.0 Å². The van der Waals surface area contributed by atoms with Gasteiger partial charge in [0, 0.05) is 11.4 Å².